The van der Waals surface area contributed by atoms with E-state index in [2.05, 4.69) is 0 Å². The lowest BCUT2D eigenvalue weighted by Crippen LogP contribution is -2.44. The molecule has 7 atom stereocenters. The second-order valence-electron chi connectivity index (χ2n) is 9.96. The lowest BCUT2D eigenvalue weighted by molar-refractivity contribution is -0.146. The first-order chi connectivity index (χ1) is 15.9. The van der Waals surface area contributed by atoms with Gasteiger partial charge in [0.2, 0.25) is 0 Å². The van der Waals surface area contributed by atoms with E-state index in [1.807, 2.05) is 31.3 Å². The van der Waals surface area contributed by atoms with Gasteiger partial charge in [-0.25, -0.2) is 4.39 Å². The molecule has 5 nitrogen and oxygen atoms in total. The van der Waals surface area contributed by atoms with Crippen molar-refractivity contribution in [1.29, 1.82) is 0 Å². The molecule has 1 aromatic carbocycles. The molecule has 0 unspecified atom stereocenters. The number of fused-ring (bicyclic) bond motifs is 3. The highest BCUT2D eigenvalue weighted by molar-refractivity contribution is 5.75. The Labute approximate surface area is 193 Å². The number of aromatic nitrogens is 1. The van der Waals surface area contributed by atoms with E-state index in [0.717, 1.165) is 42.5 Å². The normalized spacial score (nSPS) is 32.7. The van der Waals surface area contributed by atoms with Gasteiger partial charge < -0.3 is 9.47 Å². The van der Waals surface area contributed by atoms with Crippen molar-refractivity contribution >= 4 is 11.9 Å². The zero-order chi connectivity index (χ0) is 23.1. The van der Waals surface area contributed by atoms with Gasteiger partial charge in [0.05, 0.1) is 12.5 Å². The summed E-state index contributed by atoms with van der Waals surface area (Å²) in [5, 5.41) is 0. The predicted octanol–water partition coefficient (Wildman–Crippen LogP) is 4.83. The van der Waals surface area contributed by atoms with Gasteiger partial charge in [0.1, 0.15) is 11.9 Å². The Morgan fingerprint density at radius 2 is 2.00 bits per heavy atom. The van der Waals surface area contributed by atoms with E-state index in [4.69, 9.17) is 14.5 Å². The van der Waals surface area contributed by atoms with Crippen LogP contribution in [-0.2, 0) is 25.5 Å². The zero-order valence-corrected chi connectivity index (χ0v) is 19.1. The Balaban J connectivity index is 1.35. The van der Waals surface area contributed by atoms with E-state index in [1.165, 1.54) is 19.1 Å². The minimum atomic E-state index is -0.270. The first-order valence-corrected chi connectivity index (χ1v) is 12.0. The molecule has 6 heteroatoms. The van der Waals surface area contributed by atoms with Gasteiger partial charge in [0.15, 0.2) is 0 Å². The molecular formula is C27H30FNO4. The highest BCUT2D eigenvalue weighted by atomic mass is 19.1. The molecule has 1 aliphatic heterocycles. The Bertz CT molecular complexity index is 1040. The molecule has 33 heavy (non-hydrogen) atoms. The summed E-state index contributed by atoms with van der Waals surface area (Å²) in [4.78, 5) is 28.7. The summed E-state index contributed by atoms with van der Waals surface area (Å²) >= 11 is 0. The largest absolute Gasteiger partial charge is 0.466 e. The maximum atomic E-state index is 13.6. The summed E-state index contributed by atoms with van der Waals surface area (Å²) in [6, 6.07) is 10.6. The van der Waals surface area contributed by atoms with Crippen LogP contribution in [0.25, 0.3) is 11.1 Å². The number of benzene rings is 1. The third-order valence-electron chi connectivity index (χ3n) is 8.08. The van der Waals surface area contributed by atoms with E-state index in [-0.39, 0.29) is 41.6 Å². The molecule has 0 N–H and O–H groups in total. The Kier molecular flexibility index (Phi) is 5.94. The molecule has 0 radical (unpaired) electrons. The number of carbonyl (C=O) groups is 2. The molecule has 0 spiro atoms. The molecule has 2 heterocycles. The van der Waals surface area contributed by atoms with Crippen LogP contribution in [0.4, 0.5) is 4.39 Å². The topological polar surface area (TPSA) is 65.5 Å². The standard InChI is InChI=1S/C27H30FNO4/c1-15-25-24(27(31)33-15)12-20(14-32-16(2)30)23-9-7-18(26(23)25)11-22-8-6-19(13-29-22)17-4-3-5-21(28)10-17/h3-6,8,10,13,15,18,20,23-26H,7,9,11-12,14H2,1-2H3/t15-,18+,20-,23-,24-,25-,26+/m1/s1. The van der Waals surface area contributed by atoms with Crippen molar-refractivity contribution in [3.05, 3.63) is 54.1 Å². The van der Waals surface area contributed by atoms with E-state index >= 15 is 0 Å². The van der Waals surface area contributed by atoms with Gasteiger partial charge >= 0.3 is 11.9 Å². The summed E-state index contributed by atoms with van der Waals surface area (Å²) in [7, 11) is 0. The maximum Gasteiger partial charge on any atom is 0.309 e. The number of carbonyl (C=O) groups excluding carboxylic acids is 2. The van der Waals surface area contributed by atoms with Gasteiger partial charge in [0.25, 0.3) is 0 Å². The molecule has 2 saturated carbocycles. The fraction of sp³-hybridized carbons (Fsp3) is 0.519. The third kappa shape index (κ3) is 4.28. The number of rotatable bonds is 5. The Morgan fingerprint density at radius 3 is 2.73 bits per heavy atom. The number of hydrogen-bond donors (Lipinski definition) is 0. The number of esters is 2. The van der Waals surface area contributed by atoms with E-state index in [0.29, 0.717) is 24.4 Å². The van der Waals surface area contributed by atoms with Crippen molar-refractivity contribution in [2.45, 2.75) is 45.6 Å². The Hall–Kier alpha value is -2.76. The van der Waals surface area contributed by atoms with Gasteiger partial charge in [-0.2, -0.15) is 0 Å². The van der Waals surface area contributed by atoms with Crippen molar-refractivity contribution in [1.82, 2.24) is 4.98 Å². The van der Waals surface area contributed by atoms with Crippen molar-refractivity contribution in [2.75, 3.05) is 6.61 Å². The van der Waals surface area contributed by atoms with Gasteiger partial charge in [-0.3, -0.25) is 14.6 Å². The van der Waals surface area contributed by atoms with Crippen LogP contribution in [0.2, 0.25) is 0 Å². The van der Waals surface area contributed by atoms with Crippen molar-refractivity contribution in [2.24, 2.45) is 35.5 Å². The second-order valence-corrected chi connectivity index (χ2v) is 9.96. The van der Waals surface area contributed by atoms with Gasteiger partial charge in [-0.15, -0.1) is 0 Å². The minimum Gasteiger partial charge on any atom is -0.466 e. The van der Waals surface area contributed by atoms with Crippen LogP contribution in [0.1, 0.15) is 38.8 Å². The van der Waals surface area contributed by atoms with E-state index < -0.39 is 0 Å². The van der Waals surface area contributed by atoms with Gasteiger partial charge in [0, 0.05) is 30.3 Å². The van der Waals surface area contributed by atoms with E-state index in [1.54, 1.807) is 6.07 Å². The monoisotopic (exact) mass is 451 g/mol. The summed E-state index contributed by atoms with van der Waals surface area (Å²) in [5.74, 6) is 0.884. The van der Waals surface area contributed by atoms with Crippen LogP contribution >= 0.6 is 0 Å². The zero-order valence-electron chi connectivity index (χ0n) is 19.1. The minimum absolute atomic E-state index is 0.0754. The molecule has 5 rings (SSSR count). The lowest BCUT2D eigenvalue weighted by Gasteiger charge is -2.42. The molecule has 3 fully saturated rings. The number of cyclic esters (lactones) is 1. The predicted molar refractivity (Wildman–Crippen MR) is 120 cm³/mol. The summed E-state index contributed by atoms with van der Waals surface area (Å²) in [5.41, 5.74) is 2.72. The quantitative estimate of drug-likeness (QED) is 0.609. The first kappa shape index (κ1) is 22.1. The fourth-order valence-corrected chi connectivity index (χ4v) is 6.77. The Morgan fingerprint density at radius 1 is 1.15 bits per heavy atom. The third-order valence-corrected chi connectivity index (χ3v) is 8.08. The summed E-state index contributed by atoms with van der Waals surface area (Å²) in [6.45, 7) is 3.84. The van der Waals surface area contributed by atoms with Gasteiger partial charge in [-0.1, -0.05) is 18.2 Å². The van der Waals surface area contributed by atoms with Crippen LogP contribution in [0, 0.1) is 41.3 Å². The first-order valence-electron chi connectivity index (χ1n) is 12.0. The van der Waals surface area contributed by atoms with Crippen LogP contribution in [0.15, 0.2) is 42.6 Å². The van der Waals surface area contributed by atoms with Crippen LogP contribution in [-0.4, -0.2) is 29.6 Å². The SMILES string of the molecule is CC(=O)OC[C@H]1C[C@H]2C(=O)O[C@H](C)[C@H]2[C@H]2[C@H](Cc3ccc(-c4cccc(F)c4)cn3)CC[C@H]12. The molecular weight excluding hydrogens is 421 g/mol. The molecule has 1 aromatic heterocycles. The average Bonchev–Trinajstić information content (AvgIpc) is 3.33. The van der Waals surface area contributed by atoms with Crippen molar-refractivity contribution in [3.63, 3.8) is 0 Å². The summed E-state index contributed by atoms with van der Waals surface area (Å²) < 4.78 is 24.6. The van der Waals surface area contributed by atoms with Crippen LogP contribution in [0.3, 0.4) is 0 Å². The highest BCUT2D eigenvalue weighted by Gasteiger charge is 2.58. The van der Waals surface area contributed by atoms with Gasteiger partial charge in [-0.05, 0) is 80.0 Å². The van der Waals surface area contributed by atoms with Crippen molar-refractivity contribution in [3.8, 4) is 11.1 Å². The number of nitrogens with zero attached hydrogens (tertiary/aromatic N) is 1. The average molecular weight is 452 g/mol. The molecule has 1 saturated heterocycles. The van der Waals surface area contributed by atoms with Crippen LogP contribution in [0.5, 0.6) is 0 Å². The van der Waals surface area contributed by atoms with Crippen LogP contribution < -0.4 is 0 Å². The summed E-state index contributed by atoms with van der Waals surface area (Å²) in [6.07, 6.45) is 5.48. The van der Waals surface area contributed by atoms with Crippen molar-refractivity contribution < 1.29 is 23.5 Å². The van der Waals surface area contributed by atoms with E-state index in [9.17, 15) is 14.0 Å². The highest BCUT2D eigenvalue weighted by Crippen LogP contribution is 2.57. The molecule has 2 aliphatic carbocycles. The molecule has 2 aromatic rings. The molecule has 3 aliphatic rings. The molecule has 174 valence electrons. The number of hydrogen-bond acceptors (Lipinski definition) is 5. The lowest BCUT2D eigenvalue weighted by atomic mass is 9.60. The fourth-order valence-electron chi connectivity index (χ4n) is 6.77. The molecule has 0 bridgehead atoms. The number of pyridine rings is 1. The molecule has 0 amide bonds. The number of halogens is 1. The second kappa shape index (κ2) is 8.88. The maximum absolute atomic E-state index is 13.6. The number of ether oxygens (including phenoxy) is 2. The smallest absolute Gasteiger partial charge is 0.309 e.